The van der Waals surface area contributed by atoms with Gasteiger partial charge in [-0.05, 0) is 43.9 Å². The van der Waals surface area contributed by atoms with Gasteiger partial charge in [-0.25, -0.2) is 0 Å². The van der Waals surface area contributed by atoms with Gasteiger partial charge in [0.1, 0.15) is 12.0 Å². The van der Waals surface area contributed by atoms with Crippen LogP contribution in [0.4, 0.5) is 24.5 Å². The van der Waals surface area contributed by atoms with Gasteiger partial charge in [0.2, 0.25) is 0 Å². The highest BCUT2D eigenvalue weighted by Gasteiger charge is 2.39. The van der Waals surface area contributed by atoms with Gasteiger partial charge in [-0.1, -0.05) is 12.2 Å². The lowest BCUT2D eigenvalue weighted by atomic mass is 9.87. The smallest absolute Gasteiger partial charge is 0.378 e. The highest BCUT2D eigenvalue weighted by molar-refractivity contribution is 5.91. The highest BCUT2D eigenvalue weighted by Crippen LogP contribution is 2.41. The van der Waals surface area contributed by atoms with E-state index < -0.39 is 11.9 Å². The van der Waals surface area contributed by atoms with E-state index in [9.17, 15) is 18.0 Å². The number of carbonyl (C=O) groups is 1. The molecule has 0 amide bonds. The molecule has 2 aliphatic heterocycles. The minimum atomic E-state index is -4.45. The number of fused-ring (bicyclic) bond motifs is 1. The van der Waals surface area contributed by atoms with Crippen LogP contribution in [0, 0.1) is 5.92 Å². The average Bonchev–Trinajstić information content (AvgIpc) is 3.26. The topological polar surface area (TPSA) is 50.6 Å². The summed E-state index contributed by atoms with van der Waals surface area (Å²) in [6.45, 7) is 2.45. The summed E-state index contributed by atoms with van der Waals surface area (Å²) in [5.41, 5.74) is 1.37. The summed E-state index contributed by atoms with van der Waals surface area (Å²) in [4.78, 5) is 14.5. The van der Waals surface area contributed by atoms with E-state index in [0.717, 1.165) is 54.6 Å². The van der Waals surface area contributed by atoms with Crippen LogP contribution in [0.1, 0.15) is 31.7 Å². The van der Waals surface area contributed by atoms with E-state index in [1.54, 1.807) is 6.08 Å². The van der Waals surface area contributed by atoms with Gasteiger partial charge in [0.25, 0.3) is 0 Å². The Kier molecular flexibility index (Phi) is 5.90. The molecule has 1 aliphatic carbocycles. The van der Waals surface area contributed by atoms with Crippen LogP contribution in [0.15, 0.2) is 42.3 Å². The van der Waals surface area contributed by atoms with Crippen LogP contribution in [0.25, 0.3) is 10.9 Å². The molecule has 0 N–H and O–H groups in total. The van der Waals surface area contributed by atoms with Crippen molar-refractivity contribution in [1.29, 1.82) is 0 Å². The van der Waals surface area contributed by atoms with E-state index in [-0.39, 0.29) is 18.5 Å². The minimum Gasteiger partial charge on any atom is -0.378 e. The zero-order chi connectivity index (χ0) is 23.0. The van der Waals surface area contributed by atoms with Crippen molar-refractivity contribution < 1.29 is 22.7 Å². The Balaban J connectivity index is 1.56. The maximum atomic E-state index is 13.9. The molecule has 3 heterocycles. The number of ether oxygens (including phenoxy) is 1. The van der Waals surface area contributed by atoms with Crippen molar-refractivity contribution >= 4 is 28.6 Å². The van der Waals surface area contributed by atoms with Gasteiger partial charge in [0.15, 0.2) is 0 Å². The van der Waals surface area contributed by atoms with Gasteiger partial charge in [-0.3, -0.25) is 4.68 Å². The van der Waals surface area contributed by atoms with Crippen molar-refractivity contribution in [2.75, 3.05) is 42.6 Å². The number of anilines is 2. The standard InChI is InChI=1S/C24H27F3N4O2/c25-24(26,27)23-3-1-2-8-30(23)22-13-18-15-31(19-6-4-17(16-32)5-7-19)28-20(18)14-21(22)29-9-11-33-12-10-29/h1-3,13-17,19H,4-12H2. The fraction of sp³-hybridized carbons (Fsp3) is 0.500. The number of aldehydes is 1. The Morgan fingerprint density at radius 1 is 1.06 bits per heavy atom. The van der Waals surface area contributed by atoms with Crippen LogP contribution in [0.5, 0.6) is 0 Å². The summed E-state index contributed by atoms with van der Waals surface area (Å²) in [6.07, 6.45) is 6.27. The number of hydrogen-bond donors (Lipinski definition) is 0. The number of alkyl halides is 3. The fourth-order valence-corrected chi connectivity index (χ4v) is 5.02. The van der Waals surface area contributed by atoms with Crippen LogP contribution < -0.4 is 9.80 Å². The molecule has 33 heavy (non-hydrogen) atoms. The SMILES string of the molecule is O=CC1CCC(n2cc3cc(N4CC=CC=C4C(F)(F)F)c(N4CCOCC4)cc3n2)CC1. The molecule has 2 fully saturated rings. The summed E-state index contributed by atoms with van der Waals surface area (Å²) in [6, 6.07) is 3.95. The number of allylic oxidation sites excluding steroid dienone is 3. The molecule has 1 aromatic carbocycles. The zero-order valence-corrected chi connectivity index (χ0v) is 18.3. The fourth-order valence-electron chi connectivity index (χ4n) is 5.02. The van der Waals surface area contributed by atoms with Crippen LogP contribution in [-0.4, -0.2) is 55.1 Å². The molecule has 1 saturated carbocycles. The van der Waals surface area contributed by atoms with Crippen molar-refractivity contribution in [3.63, 3.8) is 0 Å². The van der Waals surface area contributed by atoms with Crippen LogP contribution in [-0.2, 0) is 9.53 Å². The first-order chi connectivity index (χ1) is 15.9. The van der Waals surface area contributed by atoms with Crippen LogP contribution in [0.3, 0.4) is 0 Å². The number of halogens is 3. The lowest BCUT2D eigenvalue weighted by molar-refractivity contribution is -0.112. The number of rotatable bonds is 4. The third-order valence-corrected chi connectivity index (χ3v) is 6.83. The molecule has 6 nitrogen and oxygen atoms in total. The molecule has 3 aliphatic rings. The van der Waals surface area contributed by atoms with Gasteiger partial charge in [-0.2, -0.15) is 18.3 Å². The number of nitrogens with zero attached hydrogens (tertiary/aromatic N) is 4. The third-order valence-electron chi connectivity index (χ3n) is 6.83. The lowest BCUT2D eigenvalue weighted by Crippen LogP contribution is -2.39. The second-order valence-corrected chi connectivity index (χ2v) is 8.90. The monoisotopic (exact) mass is 460 g/mol. The maximum Gasteiger partial charge on any atom is 0.431 e. The summed E-state index contributed by atoms with van der Waals surface area (Å²) in [5.74, 6) is 0.116. The number of carbonyl (C=O) groups excluding carboxylic acids is 1. The Morgan fingerprint density at radius 2 is 1.82 bits per heavy atom. The maximum absolute atomic E-state index is 13.9. The molecule has 9 heteroatoms. The molecule has 0 spiro atoms. The molecule has 5 rings (SSSR count). The van der Waals surface area contributed by atoms with Crippen LogP contribution >= 0.6 is 0 Å². The van der Waals surface area contributed by atoms with Gasteiger partial charge in [0, 0.05) is 37.1 Å². The number of hydrogen-bond acceptors (Lipinski definition) is 5. The highest BCUT2D eigenvalue weighted by atomic mass is 19.4. The van der Waals surface area contributed by atoms with Gasteiger partial charge >= 0.3 is 6.18 Å². The molecule has 0 atom stereocenters. The molecule has 1 aromatic heterocycles. The molecule has 0 radical (unpaired) electrons. The average molecular weight is 461 g/mol. The van der Waals surface area contributed by atoms with Crippen molar-refractivity contribution in [1.82, 2.24) is 9.78 Å². The molecule has 176 valence electrons. The van der Waals surface area contributed by atoms with Gasteiger partial charge in [0.05, 0.1) is 36.1 Å². The molecule has 1 saturated heterocycles. The molecular formula is C24H27F3N4O2. The normalized spacial score (nSPS) is 24.3. The minimum absolute atomic E-state index is 0.116. The zero-order valence-electron chi connectivity index (χ0n) is 18.3. The van der Waals surface area contributed by atoms with E-state index in [4.69, 9.17) is 9.84 Å². The number of aromatic nitrogens is 2. The Labute approximate surface area is 190 Å². The molecule has 0 unspecified atom stereocenters. The Bertz CT molecular complexity index is 1080. The predicted octanol–water partition coefficient (Wildman–Crippen LogP) is 4.63. The van der Waals surface area contributed by atoms with Crippen molar-refractivity contribution in [3.8, 4) is 0 Å². The van der Waals surface area contributed by atoms with Gasteiger partial charge in [-0.15, -0.1) is 0 Å². The molecule has 2 aromatic rings. The first-order valence-corrected chi connectivity index (χ1v) is 11.5. The molecule has 0 bridgehead atoms. The first kappa shape index (κ1) is 22.0. The largest absolute Gasteiger partial charge is 0.431 e. The van der Waals surface area contributed by atoms with E-state index in [1.807, 2.05) is 23.0 Å². The van der Waals surface area contributed by atoms with E-state index >= 15 is 0 Å². The van der Waals surface area contributed by atoms with Crippen molar-refractivity contribution in [2.24, 2.45) is 5.92 Å². The predicted molar refractivity (Wildman–Crippen MR) is 120 cm³/mol. The van der Waals surface area contributed by atoms with E-state index in [1.165, 1.54) is 11.0 Å². The first-order valence-electron chi connectivity index (χ1n) is 11.5. The summed E-state index contributed by atoms with van der Waals surface area (Å²) in [7, 11) is 0. The second kappa shape index (κ2) is 8.85. The second-order valence-electron chi connectivity index (χ2n) is 8.90. The third kappa shape index (κ3) is 4.38. The summed E-state index contributed by atoms with van der Waals surface area (Å²) in [5, 5.41) is 5.61. The quantitative estimate of drug-likeness (QED) is 0.623. The van der Waals surface area contributed by atoms with Crippen LogP contribution in [0.2, 0.25) is 0 Å². The summed E-state index contributed by atoms with van der Waals surface area (Å²) < 4.78 is 49.0. The Morgan fingerprint density at radius 3 is 2.52 bits per heavy atom. The van der Waals surface area contributed by atoms with Gasteiger partial charge < -0.3 is 19.3 Å². The van der Waals surface area contributed by atoms with E-state index in [0.29, 0.717) is 32.0 Å². The van der Waals surface area contributed by atoms with Crippen molar-refractivity contribution in [3.05, 3.63) is 42.3 Å². The molecular weight excluding hydrogens is 433 g/mol. The number of morpholine rings is 1. The Hall–Kier alpha value is -2.81. The number of benzene rings is 1. The lowest BCUT2D eigenvalue weighted by Gasteiger charge is -2.36. The summed E-state index contributed by atoms with van der Waals surface area (Å²) >= 11 is 0. The van der Waals surface area contributed by atoms with E-state index in [2.05, 4.69) is 4.90 Å². The van der Waals surface area contributed by atoms with Crippen molar-refractivity contribution in [2.45, 2.75) is 37.9 Å².